The first kappa shape index (κ1) is 29.5. The summed E-state index contributed by atoms with van der Waals surface area (Å²) in [7, 11) is 1.46. The zero-order valence-corrected chi connectivity index (χ0v) is 23.6. The van der Waals surface area contributed by atoms with E-state index in [0.717, 1.165) is 0 Å². The van der Waals surface area contributed by atoms with Gasteiger partial charge in [-0.15, -0.1) is 0 Å². The van der Waals surface area contributed by atoms with Gasteiger partial charge >= 0.3 is 11.8 Å². The third-order valence-corrected chi connectivity index (χ3v) is 5.85. The summed E-state index contributed by atoms with van der Waals surface area (Å²) in [5.74, 6) is -0.882. The average Bonchev–Trinajstić information content (AvgIpc) is 2.93. The number of nitrogens with zero attached hydrogens (tertiary/aromatic N) is 1. The molecule has 3 N–H and O–H groups in total. The molecular formula is C27H24ClIN4O6. The van der Waals surface area contributed by atoms with Crippen LogP contribution in [0.25, 0.3) is 0 Å². The van der Waals surface area contributed by atoms with E-state index < -0.39 is 11.8 Å². The van der Waals surface area contributed by atoms with Crippen molar-refractivity contribution in [1.82, 2.24) is 5.43 Å². The van der Waals surface area contributed by atoms with Gasteiger partial charge in [-0.05, 0) is 88.8 Å². The minimum Gasteiger partial charge on any atom is -0.493 e. The van der Waals surface area contributed by atoms with E-state index >= 15 is 0 Å². The Kier molecular flexibility index (Phi) is 11.1. The van der Waals surface area contributed by atoms with Gasteiger partial charge in [-0.3, -0.25) is 14.4 Å². The molecule has 0 aromatic heterocycles. The van der Waals surface area contributed by atoms with Crippen LogP contribution in [0.15, 0.2) is 78.4 Å². The lowest BCUT2D eigenvalue weighted by molar-refractivity contribution is -0.136. The van der Waals surface area contributed by atoms with Crippen molar-refractivity contribution in [2.45, 2.75) is 0 Å². The Balaban J connectivity index is 1.54. The lowest BCUT2D eigenvalue weighted by atomic mass is 10.2. The molecule has 0 atom stereocenters. The number of amides is 3. The molecule has 202 valence electrons. The fourth-order valence-corrected chi connectivity index (χ4v) is 3.92. The molecule has 0 saturated carbocycles. The highest BCUT2D eigenvalue weighted by atomic mass is 127. The lowest BCUT2D eigenvalue weighted by Crippen LogP contribution is -2.32. The molecule has 0 aliphatic rings. The van der Waals surface area contributed by atoms with E-state index in [0.29, 0.717) is 49.4 Å². The number of carbonyl (C=O) groups excluding carboxylic acids is 3. The van der Waals surface area contributed by atoms with Crippen molar-refractivity contribution in [3.05, 3.63) is 87.5 Å². The highest BCUT2D eigenvalue weighted by molar-refractivity contribution is 14.1. The van der Waals surface area contributed by atoms with Crippen molar-refractivity contribution in [3.8, 4) is 17.2 Å². The smallest absolute Gasteiger partial charge is 0.329 e. The monoisotopic (exact) mass is 662 g/mol. The van der Waals surface area contributed by atoms with Gasteiger partial charge in [0.15, 0.2) is 18.1 Å². The lowest BCUT2D eigenvalue weighted by Gasteiger charge is -2.13. The second-order valence-corrected chi connectivity index (χ2v) is 9.25. The van der Waals surface area contributed by atoms with Crippen LogP contribution in [0.2, 0.25) is 5.02 Å². The van der Waals surface area contributed by atoms with Crippen LogP contribution >= 0.6 is 34.2 Å². The van der Waals surface area contributed by atoms with E-state index in [2.05, 4.69) is 27.7 Å². The summed E-state index contributed by atoms with van der Waals surface area (Å²) >= 11 is 7.88. The van der Waals surface area contributed by atoms with Crippen molar-refractivity contribution < 1.29 is 28.6 Å². The van der Waals surface area contributed by atoms with Gasteiger partial charge in [-0.2, -0.15) is 5.10 Å². The Morgan fingerprint density at radius 2 is 1.64 bits per heavy atom. The number of benzene rings is 3. The molecular weight excluding hydrogens is 639 g/mol. The van der Waals surface area contributed by atoms with E-state index in [-0.39, 0.29) is 12.5 Å². The number of ether oxygens (including phenoxy) is 3. The summed E-state index contributed by atoms with van der Waals surface area (Å²) in [5, 5.41) is 9.58. The number of hydrazone groups is 1. The van der Waals surface area contributed by atoms with Gasteiger partial charge in [-0.25, -0.2) is 5.43 Å². The third kappa shape index (κ3) is 9.30. The second-order valence-electron chi connectivity index (χ2n) is 7.66. The number of hydrogen-bond donors (Lipinski definition) is 3. The fourth-order valence-electron chi connectivity index (χ4n) is 3.02. The number of carbonyl (C=O) groups is 3. The van der Waals surface area contributed by atoms with Gasteiger partial charge in [0.1, 0.15) is 12.4 Å². The highest BCUT2D eigenvalue weighted by Gasteiger charge is 2.15. The van der Waals surface area contributed by atoms with Gasteiger partial charge in [0.05, 0.1) is 16.9 Å². The van der Waals surface area contributed by atoms with E-state index in [9.17, 15) is 14.4 Å². The zero-order valence-electron chi connectivity index (χ0n) is 20.7. The van der Waals surface area contributed by atoms with Crippen LogP contribution in [0, 0.1) is 3.57 Å². The molecule has 0 fully saturated rings. The summed E-state index contributed by atoms with van der Waals surface area (Å²) in [5.41, 5.74) is 3.74. The molecule has 3 amide bonds. The van der Waals surface area contributed by atoms with Crippen molar-refractivity contribution in [3.63, 3.8) is 0 Å². The number of anilines is 2. The summed E-state index contributed by atoms with van der Waals surface area (Å²) in [6.07, 6.45) is 2.96. The molecule has 3 aromatic carbocycles. The number of hydrogen-bond acceptors (Lipinski definition) is 7. The first-order chi connectivity index (χ1) is 18.8. The fraction of sp³-hybridized carbons (Fsp3) is 0.111. The second kappa shape index (κ2) is 14.7. The predicted octanol–water partition coefficient (Wildman–Crippen LogP) is 4.62. The molecule has 0 radical (unpaired) electrons. The molecule has 39 heavy (non-hydrogen) atoms. The topological polar surface area (TPSA) is 127 Å². The Bertz CT molecular complexity index is 1360. The summed E-state index contributed by atoms with van der Waals surface area (Å²) < 4.78 is 17.1. The Morgan fingerprint density at radius 1 is 0.974 bits per heavy atom. The van der Waals surface area contributed by atoms with Gasteiger partial charge in [-0.1, -0.05) is 24.3 Å². The van der Waals surface area contributed by atoms with E-state index in [1.807, 2.05) is 22.6 Å². The van der Waals surface area contributed by atoms with Crippen molar-refractivity contribution >= 4 is 69.5 Å². The van der Waals surface area contributed by atoms with Crippen molar-refractivity contribution in [1.29, 1.82) is 0 Å². The summed E-state index contributed by atoms with van der Waals surface area (Å²) in [4.78, 5) is 36.5. The molecule has 0 saturated heterocycles. The van der Waals surface area contributed by atoms with E-state index in [4.69, 9.17) is 25.8 Å². The minimum absolute atomic E-state index is 0.252. The minimum atomic E-state index is -0.952. The Morgan fingerprint density at radius 3 is 2.31 bits per heavy atom. The molecule has 0 aliphatic carbocycles. The quantitative estimate of drug-likeness (QED) is 0.0904. The van der Waals surface area contributed by atoms with E-state index in [1.165, 1.54) is 13.3 Å². The standard InChI is InChI=1S/C27H24ClIN4O6/c1-3-12-38-21-10-8-20(9-11-21)32-26(35)27(36)33-30-15-17-13-22(29)25(23(14-17)37-2)39-16-24(34)31-19-6-4-18(28)5-7-19/h3-11,13-15H,1,12,16H2,2H3,(H,31,34)(H,32,35)(H,33,36)/b30-15-. The third-order valence-electron chi connectivity index (χ3n) is 4.79. The first-order valence-electron chi connectivity index (χ1n) is 11.3. The van der Waals surface area contributed by atoms with Crippen LogP contribution in [-0.4, -0.2) is 44.3 Å². The molecule has 12 heteroatoms. The Labute approximate surface area is 243 Å². The SMILES string of the molecule is C=CCOc1ccc(NC(=O)C(=O)N/N=C\c2cc(I)c(OCC(=O)Nc3ccc(Cl)cc3)c(OC)c2)cc1. The maximum Gasteiger partial charge on any atom is 0.329 e. The van der Waals surface area contributed by atoms with Crippen molar-refractivity contribution in [2.24, 2.45) is 5.10 Å². The highest BCUT2D eigenvalue weighted by Crippen LogP contribution is 2.33. The summed E-state index contributed by atoms with van der Waals surface area (Å²) in [6.45, 7) is 3.68. The van der Waals surface area contributed by atoms with Crippen LogP contribution in [0.4, 0.5) is 11.4 Å². The molecule has 0 heterocycles. The van der Waals surface area contributed by atoms with Gasteiger partial charge in [0.2, 0.25) is 0 Å². The zero-order chi connectivity index (χ0) is 28.2. The normalized spacial score (nSPS) is 10.4. The largest absolute Gasteiger partial charge is 0.493 e. The van der Waals surface area contributed by atoms with E-state index in [1.54, 1.807) is 66.7 Å². The molecule has 0 unspecified atom stereocenters. The molecule has 3 aromatic rings. The predicted molar refractivity (Wildman–Crippen MR) is 158 cm³/mol. The maximum absolute atomic E-state index is 12.3. The van der Waals surface area contributed by atoms with Gasteiger partial charge in [0, 0.05) is 16.4 Å². The van der Waals surface area contributed by atoms with Crippen LogP contribution in [-0.2, 0) is 14.4 Å². The van der Waals surface area contributed by atoms with Gasteiger partial charge in [0.25, 0.3) is 5.91 Å². The Hall–Kier alpha value is -4.10. The molecule has 10 nitrogen and oxygen atoms in total. The summed E-state index contributed by atoms with van der Waals surface area (Å²) in [6, 6.07) is 16.5. The number of halogens is 2. The van der Waals surface area contributed by atoms with Crippen LogP contribution in [0.3, 0.4) is 0 Å². The number of rotatable bonds is 11. The van der Waals surface area contributed by atoms with Crippen LogP contribution in [0.1, 0.15) is 5.56 Å². The molecule has 0 spiro atoms. The van der Waals surface area contributed by atoms with Crippen LogP contribution < -0.4 is 30.3 Å². The first-order valence-corrected chi connectivity index (χ1v) is 12.8. The van der Waals surface area contributed by atoms with Crippen molar-refractivity contribution in [2.75, 3.05) is 31.0 Å². The average molecular weight is 663 g/mol. The van der Waals surface area contributed by atoms with Crippen LogP contribution in [0.5, 0.6) is 17.2 Å². The van der Waals surface area contributed by atoms with Gasteiger partial charge < -0.3 is 24.8 Å². The maximum atomic E-state index is 12.3. The molecule has 0 bridgehead atoms. The number of methoxy groups -OCH3 is 1. The number of nitrogens with one attached hydrogen (secondary N) is 3. The molecule has 0 aliphatic heterocycles. The molecule has 3 rings (SSSR count).